The van der Waals surface area contributed by atoms with Crippen LogP contribution in [0.15, 0.2) is 12.1 Å². The number of nitrogens with one attached hydrogen (secondary N) is 1. The van der Waals surface area contributed by atoms with Crippen LogP contribution in [0.25, 0.3) is 0 Å². The Hall–Kier alpha value is -0.420. The molecule has 0 amide bonds. The molecule has 0 saturated heterocycles. The van der Waals surface area contributed by atoms with Crippen LogP contribution < -0.4 is 11.3 Å². The number of aryl methyl sites for hydroxylation is 1. The van der Waals surface area contributed by atoms with Gasteiger partial charge in [0.2, 0.25) is 0 Å². The van der Waals surface area contributed by atoms with Gasteiger partial charge in [0.1, 0.15) is 0 Å². The molecule has 1 aromatic heterocycles. The van der Waals surface area contributed by atoms with E-state index in [9.17, 15) is 0 Å². The second-order valence-electron chi connectivity index (χ2n) is 4.86. The zero-order valence-corrected chi connectivity index (χ0v) is 12.7. The first-order valence-corrected chi connectivity index (χ1v) is 7.59. The van der Waals surface area contributed by atoms with Crippen LogP contribution in [-0.4, -0.2) is 18.8 Å². The normalized spacial score (nSPS) is 15.0. The first-order valence-electron chi connectivity index (χ1n) is 6.77. The number of ether oxygens (including phenoxy) is 1. The molecule has 0 aliphatic heterocycles. The highest BCUT2D eigenvalue weighted by molar-refractivity contribution is 7.11. The van der Waals surface area contributed by atoms with E-state index in [-0.39, 0.29) is 12.1 Å². The Morgan fingerprint density at radius 2 is 1.94 bits per heavy atom. The largest absolute Gasteiger partial charge is 0.377 e. The number of hydrazine groups is 1. The van der Waals surface area contributed by atoms with Crippen molar-refractivity contribution in [2.24, 2.45) is 11.8 Å². The van der Waals surface area contributed by atoms with E-state index in [1.54, 1.807) is 0 Å². The third kappa shape index (κ3) is 4.35. The Bertz CT molecular complexity index is 338. The molecule has 1 rings (SSSR count). The van der Waals surface area contributed by atoms with Crippen molar-refractivity contribution in [3.63, 3.8) is 0 Å². The number of hydrogen-bond acceptors (Lipinski definition) is 4. The van der Waals surface area contributed by atoms with Crippen LogP contribution in [0.3, 0.4) is 0 Å². The van der Waals surface area contributed by atoms with Gasteiger partial charge in [-0.1, -0.05) is 20.8 Å². The quantitative estimate of drug-likeness (QED) is 0.564. The fraction of sp³-hybridized carbons (Fsp3) is 0.714. The summed E-state index contributed by atoms with van der Waals surface area (Å²) in [6.07, 6.45) is 2.20. The minimum Gasteiger partial charge on any atom is -0.377 e. The molecular formula is C14H26N2OS. The molecular weight excluding hydrogens is 244 g/mol. The van der Waals surface area contributed by atoms with E-state index in [1.165, 1.54) is 9.75 Å². The van der Waals surface area contributed by atoms with Gasteiger partial charge in [-0.15, -0.1) is 11.3 Å². The average Bonchev–Trinajstić information content (AvgIpc) is 2.81. The molecule has 0 bridgehead atoms. The molecule has 0 aliphatic rings. The third-order valence-corrected chi connectivity index (χ3v) is 4.37. The van der Waals surface area contributed by atoms with Gasteiger partial charge in [0.25, 0.3) is 0 Å². The van der Waals surface area contributed by atoms with E-state index >= 15 is 0 Å². The van der Waals surface area contributed by atoms with E-state index in [0.717, 1.165) is 19.4 Å². The monoisotopic (exact) mass is 270 g/mol. The molecule has 2 unspecified atom stereocenters. The van der Waals surface area contributed by atoms with E-state index < -0.39 is 0 Å². The highest BCUT2D eigenvalue weighted by Gasteiger charge is 2.24. The van der Waals surface area contributed by atoms with Crippen LogP contribution in [0, 0.1) is 5.92 Å². The van der Waals surface area contributed by atoms with E-state index in [4.69, 9.17) is 10.6 Å². The van der Waals surface area contributed by atoms with Gasteiger partial charge in [-0.2, -0.15) is 0 Å². The lowest BCUT2D eigenvalue weighted by Crippen LogP contribution is -2.48. The Labute approximate surface area is 115 Å². The lowest BCUT2D eigenvalue weighted by atomic mass is 9.97. The summed E-state index contributed by atoms with van der Waals surface area (Å²) in [5.74, 6) is 6.16. The molecule has 3 N–H and O–H groups in total. The molecule has 1 aromatic rings. The van der Waals surface area contributed by atoms with Crippen LogP contribution >= 0.6 is 11.3 Å². The van der Waals surface area contributed by atoms with E-state index in [1.807, 2.05) is 18.3 Å². The van der Waals surface area contributed by atoms with Crippen LogP contribution in [0.1, 0.15) is 37.4 Å². The third-order valence-electron chi connectivity index (χ3n) is 3.11. The van der Waals surface area contributed by atoms with Crippen LogP contribution in [-0.2, 0) is 17.6 Å². The topological polar surface area (TPSA) is 47.3 Å². The van der Waals surface area contributed by atoms with Gasteiger partial charge in [-0.05, 0) is 31.4 Å². The van der Waals surface area contributed by atoms with Gasteiger partial charge in [0.15, 0.2) is 0 Å². The number of thiophene rings is 1. The predicted molar refractivity (Wildman–Crippen MR) is 78.8 cm³/mol. The van der Waals surface area contributed by atoms with Crippen molar-refractivity contribution in [3.05, 3.63) is 21.9 Å². The summed E-state index contributed by atoms with van der Waals surface area (Å²) in [5.41, 5.74) is 2.93. The van der Waals surface area contributed by atoms with Crippen LogP contribution in [0.5, 0.6) is 0 Å². The molecule has 3 nitrogen and oxygen atoms in total. The summed E-state index contributed by atoms with van der Waals surface area (Å²) in [4.78, 5) is 2.80. The summed E-state index contributed by atoms with van der Waals surface area (Å²) >= 11 is 1.87. The summed E-state index contributed by atoms with van der Waals surface area (Å²) < 4.78 is 5.82. The molecule has 0 aliphatic carbocycles. The number of rotatable bonds is 8. The van der Waals surface area contributed by atoms with Gasteiger partial charge in [-0.25, -0.2) is 0 Å². The molecule has 0 spiro atoms. The maximum absolute atomic E-state index is 5.82. The Morgan fingerprint density at radius 1 is 1.28 bits per heavy atom. The first-order chi connectivity index (χ1) is 8.62. The van der Waals surface area contributed by atoms with Gasteiger partial charge in [-0.3, -0.25) is 11.3 Å². The molecule has 1 heterocycles. The first kappa shape index (κ1) is 15.6. The van der Waals surface area contributed by atoms with Crippen molar-refractivity contribution in [2.75, 3.05) is 6.61 Å². The van der Waals surface area contributed by atoms with Gasteiger partial charge < -0.3 is 4.74 Å². The fourth-order valence-electron chi connectivity index (χ4n) is 2.17. The molecule has 0 saturated carbocycles. The maximum atomic E-state index is 5.82. The fourth-order valence-corrected chi connectivity index (χ4v) is 3.19. The predicted octanol–water partition coefficient (Wildman–Crippen LogP) is 2.75. The summed E-state index contributed by atoms with van der Waals surface area (Å²) in [6.45, 7) is 9.30. The zero-order valence-electron chi connectivity index (χ0n) is 11.9. The molecule has 0 fully saturated rings. The second-order valence-corrected chi connectivity index (χ2v) is 6.12. The minimum absolute atomic E-state index is 0.159. The van der Waals surface area contributed by atoms with E-state index in [2.05, 4.69) is 38.3 Å². The van der Waals surface area contributed by atoms with Crippen LogP contribution in [0.4, 0.5) is 0 Å². The van der Waals surface area contributed by atoms with Gasteiger partial charge in [0.05, 0.1) is 12.1 Å². The maximum Gasteiger partial charge on any atom is 0.0767 e. The highest BCUT2D eigenvalue weighted by Crippen LogP contribution is 2.21. The van der Waals surface area contributed by atoms with Crippen molar-refractivity contribution in [1.82, 2.24) is 5.43 Å². The molecule has 2 atom stereocenters. The Morgan fingerprint density at radius 3 is 2.39 bits per heavy atom. The molecule has 4 heteroatoms. The summed E-state index contributed by atoms with van der Waals surface area (Å²) in [7, 11) is 0. The van der Waals surface area contributed by atoms with Crippen molar-refractivity contribution in [3.8, 4) is 0 Å². The lowest BCUT2D eigenvalue weighted by molar-refractivity contribution is 0.00373. The zero-order chi connectivity index (χ0) is 13.5. The Kier molecular flexibility index (Phi) is 6.86. The van der Waals surface area contributed by atoms with Gasteiger partial charge >= 0.3 is 0 Å². The molecule has 18 heavy (non-hydrogen) atoms. The van der Waals surface area contributed by atoms with Crippen molar-refractivity contribution < 1.29 is 4.74 Å². The van der Waals surface area contributed by atoms with Crippen molar-refractivity contribution in [1.29, 1.82) is 0 Å². The standard InChI is InChI=1S/C14H26N2OS/c1-5-11-7-8-12(18-11)9-13(16-15)14(10(3)4)17-6-2/h7-8,10,13-14,16H,5-6,9,15H2,1-4H3. The van der Waals surface area contributed by atoms with Crippen LogP contribution in [0.2, 0.25) is 0 Å². The summed E-state index contributed by atoms with van der Waals surface area (Å²) in [5, 5.41) is 0. The average molecular weight is 270 g/mol. The van der Waals surface area contributed by atoms with E-state index in [0.29, 0.717) is 5.92 Å². The minimum atomic E-state index is 0.159. The number of nitrogens with two attached hydrogens (primary N) is 1. The molecule has 0 aromatic carbocycles. The molecule has 104 valence electrons. The summed E-state index contributed by atoms with van der Waals surface area (Å²) in [6, 6.07) is 4.59. The lowest BCUT2D eigenvalue weighted by Gasteiger charge is -2.29. The number of hydrogen-bond donors (Lipinski definition) is 2. The second kappa shape index (κ2) is 7.89. The Balaban J connectivity index is 2.69. The molecule has 0 radical (unpaired) electrons. The smallest absolute Gasteiger partial charge is 0.0767 e. The van der Waals surface area contributed by atoms with Crippen molar-refractivity contribution in [2.45, 2.75) is 52.7 Å². The van der Waals surface area contributed by atoms with Gasteiger partial charge in [0, 0.05) is 22.8 Å². The SMILES string of the molecule is CCOC(C(C)C)C(Cc1ccc(CC)s1)NN. The van der Waals surface area contributed by atoms with Crippen molar-refractivity contribution >= 4 is 11.3 Å². The highest BCUT2D eigenvalue weighted by atomic mass is 32.1.